The van der Waals surface area contributed by atoms with E-state index in [0.717, 1.165) is 18.7 Å². The minimum Gasteiger partial charge on any atom is -0.495 e. The average molecular weight is 273 g/mol. The number of rotatable bonds is 6. The van der Waals surface area contributed by atoms with E-state index in [0.29, 0.717) is 16.9 Å². The Hall–Kier alpha value is -1.57. The van der Waals surface area contributed by atoms with Gasteiger partial charge in [0.1, 0.15) is 11.8 Å². The van der Waals surface area contributed by atoms with Crippen LogP contribution in [0.1, 0.15) is 30.4 Å². The summed E-state index contributed by atoms with van der Waals surface area (Å²) in [6.07, 6.45) is 3.86. The fourth-order valence-corrected chi connectivity index (χ4v) is 2.74. The zero-order chi connectivity index (χ0) is 14.6. The van der Waals surface area contributed by atoms with Crippen molar-refractivity contribution >= 4 is 0 Å². The standard InChI is InChI=1S/C16H23N3O/c1-19(2)16(7-4-8-16)12-18-11-13-5-6-14(10-17)15(9-13)20-3/h5-6,9,18H,4,7-8,11-12H2,1-3H3. The molecular weight excluding hydrogens is 250 g/mol. The van der Waals surface area contributed by atoms with Crippen molar-refractivity contribution in [1.82, 2.24) is 10.2 Å². The summed E-state index contributed by atoms with van der Waals surface area (Å²) >= 11 is 0. The van der Waals surface area contributed by atoms with Gasteiger partial charge < -0.3 is 15.0 Å². The molecule has 108 valence electrons. The first-order chi connectivity index (χ1) is 9.61. The van der Waals surface area contributed by atoms with Crippen molar-refractivity contribution in [3.63, 3.8) is 0 Å². The maximum atomic E-state index is 8.97. The number of hydrogen-bond donors (Lipinski definition) is 1. The van der Waals surface area contributed by atoms with Crippen LogP contribution in [0.2, 0.25) is 0 Å². The molecule has 0 spiro atoms. The normalized spacial score (nSPS) is 16.6. The Bertz CT molecular complexity index is 501. The van der Waals surface area contributed by atoms with E-state index in [4.69, 9.17) is 10.00 Å². The predicted molar refractivity (Wildman–Crippen MR) is 79.7 cm³/mol. The Balaban J connectivity index is 1.93. The summed E-state index contributed by atoms with van der Waals surface area (Å²) in [5.74, 6) is 0.651. The van der Waals surface area contributed by atoms with E-state index in [1.165, 1.54) is 19.3 Å². The number of methoxy groups -OCH3 is 1. The molecule has 1 aliphatic rings. The summed E-state index contributed by atoms with van der Waals surface area (Å²) in [7, 11) is 5.92. The molecule has 1 aliphatic carbocycles. The fraction of sp³-hybridized carbons (Fsp3) is 0.562. The summed E-state index contributed by atoms with van der Waals surface area (Å²) in [4.78, 5) is 2.34. The second-order valence-electron chi connectivity index (χ2n) is 5.72. The molecule has 1 saturated carbocycles. The lowest BCUT2D eigenvalue weighted by molar-refractivity contribution is 0.0598. The third kappa shape index (κ3) is 2.95. The smallest absolute Gasteiger partial charge is 0.136 e. The Morgan fingerprint density at radius 2 is 2.15 bits per heavy atom. The van der Waals surface area contributed by atoms with Gasteiger partial charge in [-0.3, -0.25) is 0 Å². The van der Waals surface area contributed by atoms with Gasteiger partial charge in [-0.15, -0.1) is 0 Å². The van der Waals surface area contributed by atoms with E-state index in [1.54, 1.807) is 7.11 Å². The van der Waals surface area contributed by atoms with Crippen molar-refractivity contribution in [2.75, 3.05) is 27.7 Å². The summed E-state index contributed by atoms with van der Waals surface area (Å²) in [5.41, 5.74) is 2.06. The van der Waals surface area contributed by atoms with Crippen molar-refractivity contribution in [2.24, 2.45) is 0 Å². The summed E-state index contributed by atoms with van der Waals surface area (Å²) in [5, 5.41) is 12.5. The molecule has 0 aliphatic heterocycles. The largest absolute Gasteiger partial charge is 0.495 e. The van der Waals surface area contributed by atoms with Crippen LogP contribution in [0, 0.1) is 11.3 Å². The molecule has 1 aromatic carbocycles. The van der Waals surface area contributed by atoms with Gasteiger partial charge in [0.05, 0.1) is 12.7 Å². The van der Waals surface area contributed by atoms with Gasteiger partial charge in [-0.25, -0.2) is 0 Å². The number of nitrogens with zero attached hydrogens (tertiary/aromatic N) is 2. The van der Waals surface area contributed by atoms with Gasteiger partial charge in [0, 0.05) is 18.6 Å². The van der Waals surface area contributed by atoms with Gasteiger partial charge in [0.15, 0.2) is 0 Å². The van der Waals surface area contributed by atoms with Crippen LogP contribution < -0.4 is 10.1 Å². The number of benzene rings is 1. The third-order valence-corrected chi connectivity index (χ3v) is 4.40. The van der Waals surface area contributed by atoms with Gasteiger partial charge in [-0.05, 0) is 51.1 Å². The van der Waals surface area contributed by atoms with E-state index < -0.39 is 0 Å². The zero-order valence-corrected chi connectivity index (χ0v) is 12.6. The van der Waals surface area contributed by atoms with Crippen molar-refractivity contribution in [2.45, 2.75) is 31.3 Å². The van der Waals surface area contributed by atoms with Gasteiger partial charge in [0.25, 0.3) is 0 Å². The highest BCUT2D eigenvalue weighted by Gasteiger charge is 2.38. The van der Waals surface area contributed by atoms with Crippen molar-refractivity contribution in [3.05, 3.63) is 29.3 Å². The first-order valence-electron chi connectivity index (χ1n) is 7.06. The summed E-state index contributed by atoms with van der Waals surface area (Å²) in [6.45, 7) is 1.81. The van der Waals surface area contributed by atoms with Crippen LogP contribution in [0.3, 0.4) is 0 Å². The number of likely N-dealkylation sites (N-methyl/N-ethyl adjacent to an activating group) is 1. The molecule has 0 heterocycles. The maximum absolute atomic E-state index is 8.97. The Labute approximate surface area is 121 Å². The van der Waals surface area contributed by atoms with Gasteiger partial charge >= 0.3 is 0 Å². The highest BCUT2D eigenvalue weighted by atomic mass is 16.5. The minimum atomic E-state index is 0.330. The van der Waals surface area contributed by atoms with E-state index in [2.05, 4.69) is 30.4 Å². The molecule has 2 rings (SSSR count). The van der Waals surface area contributed by atoms with Crippen molar-refractivity contribution in [3.8, 4) is 11.8 Å². The molecule has 1 N–H and O–H groups in total. The Kier molecular flexibility index (Phi) is 4.64. The molecule has 0 aromatic heterocycles. The molecule has 20 heavy (non-hydrogen) atoms. The first-order valence-corrected chi connectivity index (χ1v) is 7.06. The van der Waals surface area contributed by atoms with E-state index >= 15 is 0 Å². The predicted octanol–water partition coefficient (Wildman–Crippen LogP) is 2.14. The third-order valence-electron chi connectivity index (χ3n) is 4.40. The number of nitrogens with one attached hydrogen (secondary N) is 1. The number of nitriles is 1. The Morgan fingerprint density at radius 3 is 2.65 bits per heavy atom. The minimum absolute atomic E-state index is 0.330. The van der Waals surface area contributed by atoms with E-state index in [1.807, 2.05) is 18.2 Å². The van der Waals surface area contributed by atoms with Gasteiger partial charge in [-0.2, -0.15) is 5.26 Å². The van der Waals surface area contributed by atoms with Crippen LogP contribution in [0.5, 0.6) is 5.75 Å². The van der Waals surface area contributed by atoms with E-state index in [9.17, 15) is 0 Å². The first kappa shape index (κ1) is 14.8. The lowest BCUT2D eigenvalue weighted by Gasteiger charge is -2.47. The monoisotopic (exact) mass is 273 g/mol. The van der Waals surface area contributed by atoms with Gasteiger partial charge in [0.2, 0.25) is 0 Å². The molecule has 1 aromatic rings. The maximum Gasteiger partial charge on any atom is 0.136 e. The van der Waals surface area contributed by atoms with Gasteiger partial charge in [-0.1, -0.05) is 6.07 Å². The van der Waals surface area contributed by atoms with Crippen LogP contribution >= 0.6 is 0 Å². The molecular formula is C16H23N3O. The second kappa shape index (κ2) is 6.25. The molecule has 4 heteroatoms. The molecule has 0 amide bonds. The molecule has 0 unspecified atom stereocenters. The Morgan fingerprint density at radius 1 is 1.40 bits per heavy atom. The lowest BCUT2D eigenvalue weighted by Crippen LogP contribution is -2.56. The quantitative estimate of drug-likeness (QED) is 0.862. The molecule has 0 saturated heterocycles. The molecule has 4 nitrogen and oxygen atoms in total. The average Bonchev–Trinajstić information content (AvgIpc) is 2.40. The molecule has 1 fully saturated rings. The zero-order valence-electron chi connectivity index (χ0n) is 12.6. The van der Waals surface area contributed by atoms with Crippen LogP contribution in [-0.2, 0) is 6.54 Å². The van der Waals surface area contributed by atoms with Crippen LogP contribution in [0.25, 0.3) is 0 Å². The van der Waals surface area contributed by atoms with Crippen molar-refractivity contribution < 1.29 is 4.74 Å². The number of ether oxygens (including phenoxy) is 1. The number of hydrogen-bond acceptors (Lipinski definition) is 4. The molecule has 0 bridgehead atoms. The highest BCUT2D eigenvalue weighted by Crippen LogP contribution is 2.35. The lowest BCUT2D eigenvalue weighted by atomic mass is 9.75. The molecule has 0 radical (unpaired) electrons. The molecule has 0 atom stereocenters. The highest BCUT2D eigenvalue weighted by molar-refractivity contribution is 5.45. The topological polar surface area (TPSA) is 48.3 Å². The van der Waals surface area contributed by atoms with Crippen LogP contribution in [-0.4, -0.2) is 38.2 Å². The SMILES string of the molecule is COc1cc(CNCC2(N(C)C)CCC2)ccc1C#N. The summed E-state index contributed by atoms with van der Waals surface area (Å²) in [6, 6.07) is 7.88. The second-order valence-corrected chi connectivity index (χ2v) is 5.72. The van der Waals surface area contributed by atoms with Crippen LogP contribution in [0.4, 0.5) is 0 Å². The fourth-order valence-electron chi connectivity index (χ4n) is 2.74. The van der Waals surface area contributed by atoms with Crippen molar-refractivity contribution in [1.29, 1.82) is 5.26 Å². The van der Waals surface area contributed by atoms with Crippen LogP contribution in [0.15, 0.2) is 18.2 Å². The summed E-state index contributed by atoms with van der Waals surface area (Å²) < 4.78 is 5.24. The van der Waals surface area contributed by atoms with E-state index in [-0.39, 0.29) is 0 Å².